The Bertz CT molecular complexity index is 903. The van der Waals surface area contributed by atoms with E-state index < -0.39 is 0 Å². The molecule has 3 aromatic rings. The zero-order chi connectivity index (χ0) is 15.8. The molecule has 0 spiro atoms. The van der Waals surface area contributed by atoms with Crippen LogP contribution in [0, 0.1) is 0 Å². The molecule has 0 atom stereocenters. The highest BCUT2D eigenvalue weighted by molar-refractivity contribution is 6.30. The molecule has 1 amide bonds. The molecule has 1 aliphatic rings. The van der Waals surface area contributed by atoms with Crippen LogP contribution in [0.1, 0.15) is 28.0 Å². The number of aryl methyl sites for hydroxylation is 1. The first-order valence-corrected chi connectivity index (χ1v) is 8.07. The second-order valence-electron chi connectivity index (χ2n) is 5.74. The molecule has 0 fully saturated rings. The summed E-state index contributed by atoms with van der Waals surface area (Å²) in [5, 5.41) is 4.55. The molecule has 114 valence electrons. The van der Waals surface area contributed by atoms with Crippen LogP contribution >= 0.6 is 11.6 Å². The molecule has 1 aliphatic carbocycles. The third kappa shape index (κ3) is 2.57. The van der Waals surface area contributed by atoms with Gasteiger partial charge in [0.15, 0.2) is 0 Å². The Morgan fingerprint density at radius 3 is 2.65 bits per heavy atom. The Morgan fingerprint density at radius 2 is 1.83 bits per heavy atom. The quantitative estimate of drug-likeness (QED) is 0.747. The van der Waals surface area contributed by atoms with Crippen molar-refractivity contribution in [2.24, 2.45) is 0 Å². The minimum absolute atomic E-state index is 0.0796. The largest absolute Gasteiger partial charge is 0.322 e. The Labute approximate surface area is 139 Å². The number of nitrogens with one attached hydrogen (secondary N) is 1. The smallest absolute Gasteiger partial charge is 0.256 e. The van der Waals surface area contributed by atoms with Crippen molar-refractivity contribution in [3.05, 3.63) is 70.4 Å². The molecule has 1 heterocycles. The molecule has 0 aliphatic heterocycles. The lowest BCUT2D eigenvalue weighted by atomic mass is 10.0. The number of para-hydroxylation sites is 1. The third-order valence-corrected chi connectivity index (χ3v) is 4.50. The van der Waals surface area contributed by atoms with E-state index in [0.29, 0.717) is 5.02 Å². The fourth-order valence-electron chi connectivity index (χ4n) is 3.20. The molecule has 0 saturated carbocycles. The summed E-state index contributed by atoms with van der Waals surface area (Å²) in [6.07, 6.45) is 2.91. The molecule has 0 bridgehead atoms. The number of fused-ring (bicyclic) bond motifs is 2. The van der Waals surface area contributed by atoms with E-state index in [1.807, 2.05) is 36.4 Å². The van der Waals surface area contributed by atoms with E-state index in [0.717, 1.165) is 52.7 Å². The van der Waals surface area contributed by atoms with Crippen molar-refractivity contribution in [2.75, 3.05) is 5.32 Å². The first kappa shape index (κ1) is 14.2. The highest BCUT2D eigenvalue weighted by Gasteiger charge is 2.23. The lowest BCUT2D eigenvalue weighted by molar-refractivity contribution is 0.102. The van der Waals surface area contributed by atoms with Crippen molar-refractivity contribution in [3.63, 3.8) is 0 Å². The van der Waals surface area contributed by atoms with Crippen molar-refractivity contribution >= 4 is 34.1 Å². The maximum atomic E-state index is 12.9. The second kappa shape index (κ2) is 5.67. The van der Waals surface area contributed by atoms with Gasteiger partial charge in [-0.15, -0.1) is 0 Å². The molecule has 0 radical (unpaired) electrons. The van der Waals surface area contributed by atoms with Crippen LogP contribution in [0.4, 0.5) is 5.69 Å². The van der Waals surface area contributed by atoms with E-state index in [9.17, 15) is 4.79 Å². The highest BCUT2D eigenvalue weighted by Crippen LogP contribution is 2.30. The molecule has 0 unspecified atom stereocenters. The Balaban J connectivity index is 1.81. The Hall–Kier alpha value is -2.39. The minimum Gasteiger partial charge on any atom is -0.322 e. The minimum atomic E-state index is -0.0796. The van der Waals surface area contributed by atoms with Crippen molar-refractivity contribution in [2.45, 2.75) is 19.3 Å². The summed E-state index contributed by atoms with van der Waals surface area (Å²) >= 11 is 5.90. The number of anilines is 1. The summed E-state index contributed by atoms with van der Waals surface area (Å²) in [5.41, 5.74) is 4.54. The van der Waals surface area contributed by atoms with Crippen LogP contribution in [-0.2, 0) is 12.8 Å². The van der Waals surface area contributed by atoms with Gasteiger partial charge in [-0.3, -0.25) is 9.78 Å². The van der Waals surface area contributed by atoms with Crippen molar-refractivity contribution in [3.8, 4) is 0 Å². The molecule has 3 nitrogen and oxygen atoms in total. The zero-order valence-corrected chi connectivity index (χ0v) is 13.2. The number of hydrogen-bond acceptors (Lipinski definition) is 2. The van der Waals surface area contributed by atoms with Crippen LogP contribution in [0.25, 0.3) is 10.9 Å². The summed E-state index contributed by atoms with van der Waals surface area (Å²) in [7, 11) is 0. The maximum absolute atomic E-state index is 12.9. The van der Waals surface area contributed by atoms with Crippen molar-refractivity contribution in [1.29, 1.82) is 0 Å². The maximum Gasteiger partial charge on any atom is 0.256 e. The molecule has 23 heavy (non-hydrogen) atoms. The van der Waals surface area contributed by atoms with Crippen LogP contribution in [0.2, 0.25) is 5.02 Å². The van der Waals surface area contributed by atoms with Crippen LogP contribution in [0.5, 0.6) is 0 Å². The molecule has 1 aromatic heterocycles. The van der Waals surface area contributed by atoms with Gasteiger partial charge in [-0.2, -0.15) is 0 Å². The average Bonchev–Trinajstić information content (AvgIpc) is 3.02. The molecule has 4 rings (SSSR count). The van der Waals surface area contributed by atoms with E-state index in [-0.39, 0.29) is 5.91 Å². The summed E-state index contributed by atoms with van der Waals surface area (Å²) in [6, 6.07) is 15.0. The first-order chi connectivity index (χ1) is 11.2. The summed E-state index contributed by atoms with van der Waals surface area (Å²) in [4.78, 5) is 17.6. The number of rotatable bonds is 2. The van der Waals surface area contributed by atoms with Gasteiger partial charge in [-0.25, -0.2) is 0 Å². The lowest BCUT2D eigenvalue weighted by Gasteiger charge is -2.12. The standard InChI is InChI=1S/C19H15ClN2O/c20-12-8-10-13(11-9-12)21-19(23)18-14-4-1-2-6-16(14)22-17-7-3-5-15(17)18/h1-2,4,6,8-11H,3,5,7H2,(H,21,23). The topological polar surface area (TPSA) is 42.0 Å². The van der Waals surface area contributed by atoms with E-state index >= 15 is 0 Å². The van der Waals surface area contributed by atoms with Crippen LogP contribution in [-0.4, -0.2) is 10.9 Å². The molecular formula is C19H15ClN2O. The molecule has 2 aromatic carbocycles. The number of pyridine rings is 1. The van der Waals surface area contributed by atoms with Gasteiger partial charge in [-0.05, 0) is 55.2 Å². The predicted octanol–water partition coefficient (Wildman–Crippen LogP) is 4.63. The van der Waals surface area contributed by atoms with E-state index in [1.54, 1.807) is 12.1 Å². The van der Waals surface area contributed by atoms with Gasteiger partial charge >= 0.3 is 0 Å². The fourth-order valence-corrected chi connectivity index (χ4v) is 3.32. The van der Waals surface area contributed by atoms with E-state index in [4.69, 9.17) is 16.6 Å². The summed E-state index contributed by atoms with van der Waals surface area (Å²) in [5.74, 6) is -0.0796. The number of halogens is 1. The van der Waals surface area contributed by atoms with Gasteiger partial charge < -0.3 is 5.32 Å². The molecule has 4 heteroatoms. The zero-order valence-electron chi connectivity index (χ0n) is 12.5. The van der Waals surface area contributed by atoms with Crippen LogP contribution in [0.15, 0.2) is 48.5 Å². The molecular weight excluding hydrogens is 308 g/mol. The molecule has 1 N–H and O–H groups in total. The number of carbonyl (C=O) groups is 1. The van der Waals surface area contributed by atoms with Crippen LogP contribution in [0.3, 0.4) is 0 Å². The summed E-state index contributed by atoms with van der Waals surface area (Å²) in [6.45, 7) is 0. The number of amides is 1. The van der Waals surface area contributed by atoms with Gasteiger partial charge in [0.05, 0.1) is 11.1 Å². The number of hydrogen-bond donors (Lipinski definition) is 1. The number of carbonyl (C=O) groups excluding carboxylic acids is 1. The van der Waals surface area contributed by atoms with E-state index in [2.05, 4.69) is 5.32 Å². The second-order valence-corrected chi connectivity index (χ2v) is 6.18. The van der Waals surface area contributed by atoms with Gasteiger partial charge in [0.2, 0.25) is 0 Å². The number of nitrogens with zero attached hydrogens (tertiary/aromatic N) is 1. The van der Waals surface area contributed by atoms with Crippen molar-refractivity contribution in [1.82, 2.24) is 4.98 Å². The summed E-state index contributed by atoms with van der Waals surface area (Å²) < 4.78 is 0. The SMILES string of the molecule is O=C(Nc1ccc(Cl)cc1)c1c2c(nc3ccccc13)CCC2. The monoisotopic (exact) mass is 322 g/mol. The lowest BCUT2D eigenvalue weighted by Crippen LogP contribution is -2.15. The van der Waals surface area contributed by atoms with Crippen molar-refractivity contribution < 1.29 is 4.79 Å². The molecule has 0 saturated heterocycles. The average molecular weight is 323 g/mol. The number of benzene rings is 2. The highest BCUT2D eigenvalue weighted by atomic mass is 35.5. The normalized spacial score (nSPS) is 13.1. The number of aromatic nitrogens is 1. The van der Waals surface area contributed by atoms with Gasteiger partial charge in [0, 0.05) is 21.8 Å². The Kier molecular flexibility index (Phi) is 3.50. The third-order valence-electron chi connectivity index (χ3n) is 4.25. The predicted molar refractivity (Wildman–Crippen MR) is 93.2 cm³/mol. The van der Waals surface area contributed by atoms with E-state index in [1.165, 1.54) is 0 Å². The fraction of sp³-hybridized carbons (Fsp3) is 0.158. The van der Waals surface area contributed by atoms with Gasteiger partial charge in [0.1, 0.15) is 0 Å². The van der Waals surface area contributed by atoms with Gasteiger partial charge in [0.25, 0.3) is 5.91 Å². The van der Waals surface area contributed by atoms with Crippen LogP contribution < -0.4 is 5.32 Å². The van der Waals surface area contributed by atoms with Gasteiger partial charge in [-0.1, -0.05) is 29.8 Å². The Morgan fingerprint density at radius 1 is 1.04 bits per heavy atom. The first-order valence-electron chi connectivity index (χ1n) is 7.70.